The Labute approximate surface area is 110 Å². The Balaban J connectivity index is 2.23. The number of aromatic nitrogens is 1. The smallest absolute Gasteiger partial charge is 0.254 e. The van der Waals surface area contributed by atoms with Gasteiger partial charge in [0, 0.05) is 18.2 Å². The van der Waals surface area contributed by atoms with E-state index in [9.17, 15) is 4.79 Å². The molecule has 18 heavy (non-hydrogen) atoms. The van der Waals surface area contributed by atoms with Gasteiger partial charge in [-0.15, -0.1) is 0 Å². The van der Waals surface area contributed by atoms with Crippen LogP contribution in [0.3, 0.4) is 0 Å². The van der Waals surface area contributed by atoms with Gasteiger partial charge in [-0.3, -0.25) is 4.79 Å². The minimum absolute atomic E-state index is 0.0525. The van der Waals surface area contributed by atoms with Crippen molar-refractivity contribution in [1.82, 2.24) is 9.88 Å². The third kappa shape index (κ3) is 2.90. The van der Waals surface area contributed by atoms with Crippen molar-refractivity contribution in [1.29, 1.82) is 0 Å². The fraction of sp³-hybridized carbons (Fsp3) is 0.455. The van der Waals surface area contributed by atoms with Crippen molar-refractivity contribution in [2.24, 2.45) is 5.84 Å². The summed E-state index contributed by atoms with van der Waals surface area (Å²) in [6.07, 6.45) is 1.96. The monoisotopic (exact) mass is 270 g/mol. The number of carbonyl (C=O) groups is 1. The quantitative estimate of drug-likeness (QED) is 0.414. The van der Waals surface area contributed by atoms with Crippen LogP contribution in [0.5, 0.6) is 0 Å². The molecule has 1 amide bonds. The van der Waals surface area contributed by atoms with Crippen molar-refractivity contribution < 1.29 is 9.90 Å². The van der Waals surface area contributed by atoms with E-state index in [1.54, 1.807) is 11.0 Å². The Morgan fingerprint density at radius 3 is 2.89 bits per heavy atom. The number of amides is 1. The number of aliphatic hydroxyl groups is 1. The summed E-state index contributed by atoms with van der Waals surface area (Å²) >= 11 is 5.82. The number of halogens is 1. The van der Waals surface area contributed by atoms with Crippen molar-refractivity contribution in [2.75, 3.05) is 18.6 Å². The molecular formula is C11H15ClN4O2. The van der Waals surface area contributed by atoms with E-state index < -0.39 is 0 Å². The fourth-order valence-corrected chi connectivity index (χ4v) is 2.01. The molecule has 7 heteroatoms. The number of carbonyl (C=O) groups excluding carboxylic acids is 1. The van der Waals surface area contributed by atoms with Crippen LogP contribution < -0.4 is 11.3 Å². The molecule has 1 saturated carbocycles. The number of anilines is 1. The summed E-state index contributed by atoms with van der Waals surface area (Å²) in [4.78, 5) is 17.9. The van der Waals surface area contributed by atoms with Gasteiger partial charge in [-0.05, 0) is 25.0 Å². The van der Waals surface area contributed by atoms with Gasteiger partial charge in [0.15, 0.2) is 0 Å². The number of nitrogens with two attached hydrogens (primary N) is 1. The summed E-state index contributed by atoms with van der Waals surface area (Å²) in [7, 11) is 0. The second-order valence-electron chi connectivity index (χ2n) is 4.16. The van der Waals surface area contributed by atoms with Crippen LogP contribution in [0, 0.1) is 0 Å². The lowest BCUT2D eigenvalue weighted by Gasteiger charge is -2.21. The van der Waals surface area contributed by atoms with E-state index >= 15 is 0 Å². The van der Waals surface area contributed by atoms with Gasteiger partial charge >= 0.3 is 0 Å². The Bertz CT molecular complexity index is 451. The molecule has 0 aliphatic heterocycles. The van der Waals surface area contributed by atoms with Gasteiger partial charge in [0.05, 0.1) is 6.61 Å². The average molecular weight is 271 g/mol. The molecular weight excluding hydrogens is 256 g/mol. The summed E-state index contributed by atoms with van der Waals surface area (Å²) in [5.41, 5.74) is 2.78. The molecule has 0 spiro atoms. The molecule has 98 valence electrons. The molecule has 0 radical (unpaired) electrons. The van der Waals surface area contributed by atoms with Gasteiger partial charge in [0.1, 0.15) is 11.0 Å². The second kappa shape index (κ2) is 5.51. The van der Waals surface area contributed by atoms with E-state index in [4.69, 9.17) is 22.6 Å². The summed E-state index contributed by atoms with van der Waals surface area (Å²) in [5.74, 6) is 5.44. The van der Waals surface area contributed by atoms with E-state index in [-0.39, 0.29) is 23.7 Å². The maximum Gasteiger partial charge on any atom is 0.254 e. The Morgan fingerprint density at radius 2 is 2.33 bits per heavy atom. The molecule has 1 fully saturated rings. The number of nitrogens with one attached hydrogen (secondary N) is 1. The molecule has 1 heterocycles. The second-order valence-corrected chi connectivity index (χ2v) is 4.55. The number of hydrogen-bond acceptors (Lipinski definition) is 5. The number of nitrogens with zero attached hydrogens (tertiary/aromatic N) is 2. The summed E-state index contributed by atoms with van der Waals surface area (Å²) < 4.78 is 0. The summed E-state index contributed by atoms with van der Waals surface area (Å²) in [5, 5.41) is 9.20. The van der Waals surface area contributed by atoms with E-state index in [0.29, 0.717) is 17.9 Å². The predicted molar refractivity (Wildman–Crippen MR) is 68.2 cm³/mol. The predicted octanol–water partition coefficient (Wildman–Crippen LogP) is 0.617. The van der Waals surface area contributed by atoms with Crippen LogP contribution in [0.1, 0.15) is 23.2 Å². The molecule has 4 N–H and O–H groups in total. The SMILES string of the molecule is NNc1cc(C(=O)N(CCO)C2CC2)cc(Cl)n1. The molecule has 1 aromatic heterocycles. The van der Waals surface area contributed by atoms with Crippen molar-refractivity contribution in [2.45, 2.75) is 18.9 Å². The molecule has 0 atom stereocenters. The van der Waals surface area contributed by atoms with E-state index in [0.717, 1.165) is 12.8 Å². The van der Waals surface area contributed by atoms with Gasteiger partial charge in [-0.1, -0.05) is 11.6 Å². The first kappa shape index (κ1) is 13.1. The minimum Gasteiger partial charge on any atom is -0.395 e. The number of pyridine rings is 1. The third-order valence-electron chi connectivity index (χ3n) is 2.78. The number of hydrogen-bond donors (Lipinski definition) is 3. The van der Waals surface area contributed by atoms with Crippen molar-refractivity contribution in [3.63, 3.8) is 0 Å². The zero-order valence-electron chi connectivity index (χ0n) is 9.77. The van der Waals surface area contributed by atoms with Crippen LogP contribution in [-0.4, -0.2) is 40.1 Å². The van der Waals surface area contributed by atoms with Crippen molar-refractivity contribution in [3.8, 4) is 0 Å². The van der Waals surface area contributed by atoms with Crippen LogP contribution in [0.2, 0.25) is 5.15 Å². The zero-order chi connectivity index (χ0) is 13.1. The topological polar surface area (TPSA) is 91.5 Å². The standard InChI is InChI=1S/C11H15ClN4O2/c12-9-5-7(6-10(14-9)15-13)11(18)16(3-4-17)8-1-2-8/h5-6,8,17H,1-4,13H2,(H,14,15). The highest BCUT2D eigenvalue weighted by atomic mass is 35.5. The highest BCUT2D eigenvalue weighted by molar-refractivity contribution is 6.29. The van der Waals surface area contributed by atoms with Gasteiger partial charge in [0.2, 0.25) is 0 Å². The van der Waals surface area contributed by atoms with Crippen LogP contribution >= 0.6 is 11.6 Å². The Kier molecular flexibility index (Phi) is 4.00. The zero-order valence-corrected chi connectivity index (χ0v) is 10.5. The van der Waals surface area contributed by atoms with E-state index in [1.165, 1.54) is 6.07 Å². The van der Waals surface area contributed by atoms with Crippen LogP contribution in [0.25, 0.3) is 0 Å². The lowest BCUT2D eigenvalue weighted by molar-refractivity contribution is 0.0707. The molecule has 0 unspecified atom stereocenters. The highest BCUT2D eigenvalue weighted by Crippen LogP contribution is 2.28. The van der Waals surface area contributed by atoms with Crippen LogP contribution in [-0.2, 0) is 0 Å². The fourth-order valence-electron chi connectivity index (χ4n) is 1.80. The van der Waals surface area contributed by atoms with E-state index in [2.05, 4.69) is 10.4 Å². The molecule has 2 rings (SSSR count). The minimum atomic E-state index is -0.160. The average Bonchev–Trinajstić information content (AvgIpc) is 3.18. The largest absolute Gasteiger partial charge is 0.395 e. The highest BCUT2D eigenvalue weighted by Gasteiger charge is 2.32. The van der Waals surface area contributed by atoms with Crippen molar-refractivity contribution in [3.05, 3.63) is 22.8 Å². The van der Waals surface area contributed by atoms with Gasteiger partial charge in [0.25, 0.3) is 5.91 Å². The van der Waals surface area contributed by atoms with Gasteiger partial charge < -0.3 is 15.4 Å². The lowest BCUT2D eigenvalue weighted by atomic mass is 10.2. The molecule has 0 aromatic carbocycles. The molecule has 1 aromatic rings. The Morgan fingerprint density at radius 1 is 1.61 bits per heavy atom. The van der Waals surface area contributed by atoms with E-state index in [1.807, 2.05) is 0 Å². The number of hydrazine groups is 1. The lowest BCUT2D eigenvalue weighted by Crippen LogP contribution is -2.35. The third-order valence-corrected chi connectivity index (χ3v) is 2.97. The first-order valence-corrected chi connectivity index (χ1v) is 6.09. The molecule has 1 aliphatic rings. The summed E-state index contributed by atoms with van der Waals surface area (Å²) in [6.45, 7) is 0.276. The van der Waals surface area contributed by atoms with Gasteiger partial charge in [-0.25, -0.2) is 10.8 Å². The first-order chi connectivity index (χ1) is 8.65. The number of nitrogen functional groups attached to an aromatic ring is 1. The number of aliphatic hydroxyl groups excluding tert-OH is 1. The first-order valence-electron chi connectivity index (χ1n) is 5.71. The normalized spacial score (nSPS) is 14.4. The van der Waals surface area contributed by atoms with Crippen LogP contribution in [0.4, 0.5) is 5.82 Å². The molecule has 1 aliphatic carbocycles. The summed E-state index contributed by atoms with van der Waals surface area (Å²) in [6, 6.07) is 3.27. The molecule has 6 nitrogen and oxygen atoms in total. The van der Waals surface area contributed by atoms with Crippen molar-refractivity contribution >= 4 is 23.3 Å². The maximum absolute atomic E-state index is 12.3. The molecule has 0 bridgehead atoms. The number of rotatable bonds is 5. The van der Waals surface area contributed by atoms with Crippen LogP contribution in [0.15, 0.2) is 12.1 Å². The maximum atomic E-state index is 12.3. The Hall–Kier alpha value is -1.37. The van der Waals surface area contributed by atoms with Gasteiger partial charge in [-0.2, -0.15) is 0 Å². The molecule has 0 saturated heterocycles.